The number of amides is 1. The Balaban J connectivity index is 1.58. The Kier molecular flexibility index (Phi) is 13.7. The molecule has 43 heavy (non-hydrogen) atoms. The van der Waals surface area contributed by atoms with Crippen LogP contribution in [0.4, 0.5) is 4.79 Å². The maximum atomic E-state index is 13.2. The van der Waals surface area contributed by atoms with Gasteiger partial charge in [0.05, 0.1) is 20.3 Å². The highest BCUT2D eigenvalue weighted by Crippen LogP contribution is 2.28. The van der Waals surface area contributed by atoms with Crippen LogP contribution in [0.1, 0.15) is 30.9 Å². The highest BCUT2D eigenvalue weighted by Gasteiger charge is 2.19. The lowest BCUT2D eigenvalue weighted by molar-refractivity contribution is -0.149. The smallest absolute Gasteiger partial charge is 0.415 e. The molecule has 1 unspecified atom stereocenters. The number of rotatable bonds is 17. The van der Waals surface area contributed by atoms with E-state index in [1.165, 1.54) is 7.11 Å². The number of ether oxygens (including phenoxy) is 5. The number of carboxylic acid groups (broad SMARTS) is 1. The fraction of sp³-hybridized carbons (Fsp3) is 0.375. The van der Waals surface area contributed by atoms with Crippen molar-refractivity contribution in [2.45, 2.75) is 39.2 Å². The molecule has 0 aliphatic heterocycles. The summed E-state index contributed by atoms with van der Waals surface area (Å²) >= 11 is 12.1. The monoisotopic (exact) mass is 633 g/mol. The predicted octanol–water partition coefficient (Wildman–Crippen LogP) is 7.08. The van der Waals surface area contributed by atoms with E-state index in [1.54, 1.807) is 66.4 Å². The number of methoxy groups -OCH3 is 1. The number of halogens is 2. The van der Waals surface area contributed by atoms with Crippen LogP contribution < -0.4 is 18.9 Å². The number of nitrogens with zero attached hydrogens (tertiary/aromatic N) is 1. The van der Waals surface area contributed by atoms with Gasteiger partial charge < -0.3 is 33.7 Å². The second-order valence-corrected chi connectivity index (χ2v) is 10.5. The highest BCUT2D eigenvalue weighted by atomic mass is 35.5. The Morgan fingerprint density at radius 1 is 0.860 bits per heavy atom. The molecule has 0 spiro atoms. The molecular weight excluding hydrogens is 597 g/mol. The number of hydrogen-bond donors (Lipinski definition) is 1. The Morgan fingerprint density at radius 3 is 2.21 bits per heavy atom. The molecular formula is C32H37Cl2NO8. The molecule has 3 rings (SSSR count). The summed E-state index contributed by atoms with van der Waals surface area (Å²) in [6.45, 7) is 5.28. The van der Waals surface area contributed by atoms with Gasteiger partial charge in [-0.2, -0.15) is 0 Å². The number of carbonyl (C=O) groups excluding carboxylic acids is 1. The average Bonchev–Trinajstić information content (AvgIpc) is 2.96. The lowest BCUT2D eigenvalue weighted by Crippen LogP contribution is -2.37. The van der Waals surface area contributed by atoms with E-state index in [2.05, 4.69) is 0 Å². The zero-order valence-electron chi connectivity index (χ0n) is 24.5. The Morgan fingerprint density at radius 2 is 1.56 bits per heavy atom. The molecule has 0 bridgehead atoms. The van der Waals surface area contributed by atoms with E-state index in [-0.39, 0.29) is 19.6 Å². The van der Waals surface area contributed by atoms with Gasteiger partial charge in [0.2, 0.25) is 0 Å². The molecule has 232 valence electrons. The van der Waals surface area contributed by atoms with E-state index in [4.69, 9.17) is 46.9 Å². The van der Waals surface area contributed by atoms with E-state index in [1.807, 2.05) is 13.0 Å². The number of aryl methyl sites for hydroxylation is 1. The van der Waals surface area contributed by atoms with Gasteiger partial charge in [-0.1, -0.05) is 41.4 Å². The van der Waals surface area contributed by atoms with Crippen LogP contribution >= 0.6 is 23.2 Å². The number of hydrogen-bond acceptors (Lipinski definition) is 7. The van der Waals surface area contributed by atoms with Crippen LogP contribution in [0, 0.1) is 6.92 Å². The van der Waals surface area contributed by atoms with E-state index in [0.29, 0.717) is 65.6 Å². The maximum absolute atomic E-state index is 13.2. The maximum Gasteiger partial charge on any atom is 0.415 e. The lowest BCUT2D eigenvalue weighted by Gasteiger charge is -2.23. The Labute approximate surface area is 262 Å². The molecule has 0 saturated carbocycles. The van der Waals surface area contributed by atoms with Crippen molar-refractivity contribution in [3.05, 3.63) is 81.8 Å². The first-order chi connectivity index (χ1) is 20.7. The molecule has 0 radical (unpaired) electrons. The number of benzene rings is 3. The zero-order chi connectivity index (χ0) is 31.2. The summed E-state index contributed by atoms with van der Waals surface area (Å²) < 4.78 is 28.0. The van der Waals surface area contributed by atoms with Crippen molar-refractivity contribution >= 4 is 35.3 Å². The third-order valence-corrected chi connectivity index (χ3v) is 6.76. The van der Waals surface area contributed by atoms with Crippen molar-refractivity contribution in [2.24, 2.45) is 0 Å². The van der Waals surface area contributed by atoms with E-state index in [0.717, 1.165) is 11.1 Å². The third kappa shape index (κ3) is 11.5. The van der Waals surface area contributed by atoms with Crippen LogP contribution in [-0.4, -0.2) is 68.2 Å². The summed E-state index contributed by atoms with van der Waals surface area (Å²) in [4.78, 5) is 26.2. The molecule has 9 nitrogen and oxygen atoms in total. The second-order valence-electron chi connectivity index (χ2n) is 9.65. The number of carboxylic acids is 1. The molecule has 0 saturated heterocycles. The van der Waals surface area contributed by atoms with Gasteiger partial charge in [-0.15, -0.1) is 0 Å². The molecule has 1 amide bonds. The normalized spacial score (nSPS) is 11.5. The van der Waals surface area contributed by atoms with Crippen LogP contribution in [0.5, 0.6) is 23.0 Å². The third-order valence-electron chi connectivity index (χ3n) is 6.32. The SMILES string of the molecule is CCOC(Cc1ccc(OCCN(CCCCOc2cc(Cl)cc(Cl)c2)C(=O)Oc2cc(C)ccc2OC)cc1)C(=O)O. The standard InChI is InChI=1S/C32H37Cl2NO8/c1-4-40-30(31(36)37)18-23-8-10-26(11-9-23)42-16-14-35(32(38)43-29-17-22(2)7-12-28(29)39-3)13-5-6-15-41-27-20-24(33)19-25(34)21-27/h7-12,17,19-21,30H,4-6,13-16,18H2,1-3H3,(H,36,37). The van der Waals surface area contributed by atoms with Gasteiger partial charge in [0.15, 0.2) is 17.6 Å². The molecule has 3 aromatic rings. The van der Waals surface area contributed by atoms with Crippen LogP contribution in [-0.2, 0) is 16.0 Å². The van der Waals surface area contributed by atoms with Gasteiger partial charge in [-0.25, -0.2) is 9.59 Å². The molecule has 0 aromatic heterocycles. The molecule has 0 aliphatic rings. The predicted molar refractivity (Wildman–Crippen MR) is 165 cm³/mol. The van der Waals surface area contributed by atoms with Crippen molar-refractivity contribution in [2.75, 3.05) is 40.0 Å². The number of aliphatic carboxylic acids is 1. The first-order valence-electron chi connectivity index (χ1n) is 13.9. The molecule has 0 aliphatic carbocycles. The first-order valence-corrected chi connectivity index (χ1v) is 14.7. The molecule has 1 atom stereocenters. The summed E-state index contributed by atoms with van der Waals surface area (Å²) in [5, 5.41) is 10.3. The topological polar surface area (TPSA) is 104 Å². The average molecular weight is 635 g/mol. The van der Waals surface area contributed by atoms with Crippen molar-refractivity contribution in [3.63, 3.8) is 0 Å². The fourth-order valence-corrected chi connectivity index (χ4v) is 4.66. The minimum atomic E-state index is -1.00. The van der Waals surface area contributed by atoms with Crippen molar-refractivity contribution < 1.29 is 38.4 Å². The molecule has 0 heterocycles. The first kappa shape index (κ1) is 33.8. The zero-order valence-corrected chi connectivity index (χ0v) is 26.0. The lowest BCUT2D eigenvalue weighted by atomic mass is 10.1. The number of unbranched alkanes of at least 4 members (excludes halogenated alkanes) is 1. The molecule has 11 heteroatoms. The van der Waals surface area contributed by atoms with Crippen LogP contribution in [0.3, 0.4) is 0 Å². The van der Waals surface area contributed by atoms with Crippen LogP contribution in [0.15, 0.2) is 60.7 Å². The van der Waals surface area contributed by atoms with Crippen molar-refractivity contribution in [1.82, 2.24) is 4.90 Å². The van der Waals surface area contributed by atoms with Gasteiger partial charge in [0.1, 0.15) is 18.1 Å². The highest BCUT2D eigenvalue weighted by molar-refractivity contribution is 6.34. The van der Waals surface area contributed by atoms with Gasteiger partial charge in [-0.05, 0) is 80.3 Å². The summed E-state index contributed by atoms with van der Waals surface area (Å²) in [6.07, 6.45) is 0.133. The quantitative estimate of drug-likeness (QED) is 0.157. The van der Waals surface area contributed by atoms with E-state index in [9.17, 15) is 14.7 Å². The van der Waals surface area contributed by atoms with E-state index < -0.39 is 18.2 Å². The van der Waals surface area contributed by atoms with Crippen LogP contribution in [0.25, 0.3) is 0 Å². The van der Waals surface area contributed by atoms with E-state index >= 15 is 0 Å². The summed E-state index contributed by atoms with van der Waals surface area (Å²) in [5.41, 5.74) is 1.74. The summed E-state index contributed by atoms with van der Waals surface area (Å²) in [6, 6.07) is 17.5. The Hall–Kier alpha value is -3.66. The van der Waals surface area contributed by atoms with Gasteiger partial charge in [0, 0.05) is 29.6 Å². The van der Waals surface area contributed by atoms with Crippen molar-refractivity contribution in [3.8, 4) is 23.0 Å². The van der Waals surface area contributed by atoms with Crippen LogP contribution in [0.2, 0.25) is 10.0 Å². The minimum absolute atomic E-state index is 0.216. The molecule has 3 aromatic carbocycles. The second kappa shape index (κ2) is 17.5. The summed E-state index contributed by atoms with van der Waals surface area (Å²) in [5.74, 6) is 0.962. The fourth-order valence-electron chi connectivity index (χ4n) is 4.15. The van der Waals surface area contributed by atoms with Gasteiger partial charge in [-0.3, -0.25) is 0 Å². The van der Waals surface area contributed by atoms with Gasteiger partial charge in [0.25, 0.3) is 0 Å². The Bertz CT molecular complexity index is 1320. The van der Waals surface area contributed by atoms with Crippen molar-refractivity contribution in [1.29, 1.82) is 0 Å². The number of carbonyl (C=O) groups is 2. The van der Waals surface area contributed by atoms with Gasteiger partial charge >= 0.3 is 12.1 Å². The minimum Gasteiger partial charge on any atom is -0.493 e. The molecule has 1 N–H and O–H groups in total. The molecule has 0 fully saturated rings. The summed E-state index contributed by atoms with van der Waals surface area (Å²) in [7, 11) is 1.52. The largest absolute Gasteiger partial charge is 0.493 e.